The summed E-state index contributed by atoms with van der Waals surface area (Å²) in [5, 5.41) is 12.7. The van der Waals surface area contributed by atoms with Crippen LogP contribution in [0.2, 0.25) is 0 Å². The highest BCUT2D eigenvalue weighted by Gasteiger charge is 2.17. The summed E-state index contributed by atoms with van der Waals surface area (Å²) >= 11 is 0. The summed E-state index contributed by atoms with van der Waals surface area (Å²) in [6.45, 7) is 0. The molecule has 1 nitrogen and oxygen atoms in total. The van der Waals surface area contributed by atoms with Gasteiger partial charge in [0, 0.05) is 17.1 Å². The maximum Gasteiger partial charge on any atom is 0.0468 e. The van der Waals surface area contributed by atoms with E-state index in [1.54, 1.807) is 0 Å². The molecule has 0 N–H and O–H groups in total. The van der Waals surface area contributed by atoms with E-state index < -0.39 is 0 Å². The van der Waals surface area contributed by atoms with Crippen molar-refractivity contribution in [2.24, 2.45) is 0 Å². The molecule has 0 radical (unpaired) electrons. The molecule has 10 aromatic carbocycles. The van der Waals surface area contributed by atoms with E-state index in [0.29, 0.717) is 0 Å². The number of fused-ring (bicyclic) bond motifs is 8. The van der Waals surface area contributed by atoms with E-state index in [2.05, 4.69) is 205 Å². The van der Waals surface area contributed by atoms with Crippen molar-refractivity contribution in [3.63, 3.8) is 0 Å². The Labute approximate surface area is 297 Å². The van der Waals surface area contributed by atoms with Crippen LogP contribution in [0.3, 0.4) is 0 Å². The van der Waals surface area contributed by atoms with Gasteiger partial charge in [0.05, 0.1) is 0 Å². The van der Waals surface area contributed by atoms with Gasteiger partial charge >= 0.3 is 0 Å². The number of benzene rings is 10. The van der Waals surface area contributed by atoms with Crippen LogP contribution in [0.5, 0.6) is 0 Å². The predicted molar refractivity (Wildman–Crippen MR) is 220 cm³/mol. The van der Waals surface area contributed by atoms with Gasteiger partial charge in [0.25, 0.3) is 0 Å². The summed E-state index contributed by atoms with van der Waals surface area (Å²) in [4.78, 5) is 2.41. The summed E-state index contributed by atoms with van der Waals surface area (Å²) in [6, 6.07) is 73.1. The molecule has 0 saturated carbocycles. The molecule has 0 atom stereocenters. The van der Waals surface area contributed by atoms with E-state index in [-0.39, 0.29) is 0 Å². The Bertz CT molecular complexity index is 2920. The number of hydrogen-bond donors (Lipinski definition) is 0. The smallest absolute Gasteiger partial charge is 0.0468 e. The van der Waals surface area contributed by atoms with Gasteiger partial charge in [-0.15, -0.1) is 0 Å². The maximum absolute atomic E-state index is 2.41. The highest BCUT2D eigenvalue weighted by atomic mass is 15.1. The summed E-state index contributed by atoms with van der Waals surface area (Å²) in [6.07, 6.45) is 0. The fourth-order valence-electron chi connectivity index (χ4n) is 7.96. The van der Waals surface area contributed by atoms with E-state index in [0.717, 1.165) is 17.1 Å². The molecule has 0 saturated heterocycles. The quantitative estimate of drug-likeness (QED) is 0.168. The molecule has 10 rings (SSSR count). The first kappa shape index (κ1) is 29.2. The van der Waals surface area contributed by atoms with Crippen LogP contribution in [0.4, 0.5) is 17.1 Å². The Morgan fingerprint density at radius 2 is 0.784 bits per heavy atom. The average Bonchev–Trinajstić information content (AvgIpc) is 3.21. The van der Waals surface area contributed by atoms with E-state index in [1.807, 2.05) is 0 Å². The van der Waals surface area contributed by atoms with Crippen molar-refractivity contribution in [3.8, 4) is 22.3 Å². The van der Waals surface area contributed by atoms with E-state index in [1.165, 1.54) is 76.1 Å². The van der Waals surface area contributed by atoms with Gasteiger partial charge in [-0.3, -0.25) is 0 Å². The first-order chi connectivity index (χ1) is 25.3. The van der Waals surface area contributed by atoms with Crippen LogP contribution in [0.1, 0.15) is 0 Å². The van der Waals surface area contributed by atoms with Crippen molar-refractivity contribution < 1.29 is 0 Å². The topological polar surface area (TPSA) is 3.24 Å². The molecule has 0 bridgehead atoms. The summed E-state index contributed by atoms with van der Waals surface area (Å²) in [5.41, 5.74) is 8.15. The predicted octanol–water partition coefficient (Wildman–Crippen LogP) is 14.3. The van der Waals surface area contributed by atoms with E-state index >= 15 is 0 Å². The van der Waals surface area contributed by atoms with E-state index in [4.69, 9.17) is 0 Å². The summed E-state index contributed by atoms with van der Waals surface area (Å²) < 4.78 is 0. The lowest BCUT2D eigenvalue weighted by Crippen LogP contribution is -2.10. The molecule has 0 aliphatic rings. The van der Waals surface area contributed by atoms with Crippen molar-refractivity contribution in [3.05, 3.63) is 200 Å². The van der Waals surface area contributed by atoms with Crippen molar-refractivity contribution in [1.29, 1.82) is 0 Å². The standard InChI is InChI=1S/C50H33N/c1-2-11-34(12-3-1)39-15-8-17-41(31-39)51(43-29-27-37-24-23-35-13-4-6-19-44(35)49(37)33-43)42-18-9-16-40(32-42)45-21-10-22-48-47(45)30-28-38-26-25-36-14-5-7-20-46(36)50(38)48/h1-33H. The second-order valence-corrected chi connectivity index (χ2v) is 13.3. The zero-order chi connectivity index (χ0) is 33.7. The minimum Gasteiger partial charge on any atom is -0.310 e. The van der Waals surface area contributed by atoms with Crippen LogP contribution >= 0.6 is 0 Å². The third-order valence-electron chi connectivity index (χ3n) is 10.4. The monoisotopic (exact) mass is 647 g/mol. The molecule has 10 aromatic rings. The molecule has 0 aromatic heterocycles. The van der Waals surface area contributed by atoms with Crippen LogP contribution in [-0.2, 0) is 0 Å². The molecule has 238 valence electrons. The second kappa shape index (κ2) is 12.0. The average molecular weight is 648 g/mol. The van der Waals surface area contributed by atoms with Crippen LogP contribution in [0.25, 0.3) is 76.1 Å². The molecule has 0 heterocycles. The molecule has 51 heavy (non-hydrogen) atoms. The number of nitrogens with zero attached hydrogens (tertiary/aromatic N) is 1. The third-order valence-corrected chi connectivity index (χ3v) is 10.4. The van der Waals surface area contributed by atoms with Crippen LogP contribution in [-0.4, -0.2) is 0 Å². The SMILES string of the molecule is c1ccc(-c2cccc(N(c3cccc(-c4cccc5c4ccc4ccc6ccccc6c45)c3)c3ccc4ccc5ccccc5c4c3)c2)cc1. The Morgan fingerprint density at radius 1 is 0.255 bits per heavy atom. The normalized spacial score (nSPS) is 11.5. The van der Waals surface area contributed by atoms with Gasteiger partial charge in [-0.2, -0.15) is 0 Å². The third kappa shape index (κ3) is 5.02. The zero-order valence-corrected chi connectivity index (χ0v) is 28.0. The molecule has 1 heteroatoms. The Kier molecular flexibility index (Phi) is 6.89. The van der Waals surface area contributed by atoms with Gasteiger partial charge < -0.3 is 4.90 Å². The van der Waals surface area contributed by atoms with Crippen molar-refractivity contribution in [2.45, 2.75) is 0 Å². The highest BCUT2D eigenvalue weighted by Crippen LogP contribution is 2.42. The van der Waals surface area contributed by atoms with Crippen LogP contribution in [0.15, 0.2) is 200 Å². The van der Waals surface area contributed by atoms with Gasteiger partial charge in [0.1, 0.15) is 0 Å². The van der Waals surface area contributed by atoms with Crippen LogP contribution < -0.4 is 4.90 Å². The molecule has 0 unspecified atom stereocenters. The molecule has 0 aliphatic heterocycles. The fraction of sp³-hybridized carbons (Fsp3) is 0. The maximum atomic E-state index is 2.41. The van der Waals surface area contributed by atoms with Gasteiger partial charge in [0.15, 0.2) is 0 Å². The summed E-state index contributed by atoms with van der Waals surface area (Å²) in [7, 11) is 0. The van der Waals surface area contributed by atoms with Gasteiger partial charge in [-0.25, -0.2) is 0 Å². The number of rotatable bonds is 5. The van der Waals surface area contributed by atoms with Crippen molar-refractivity contribution in [2.75, 3.05) is 4.90 Å². The number of anilines is 3. The lowest BCUT2D eigenvalue weighted by atomic mass is 9.92. The lowest BCUT2D eigenvalue weighted by molar-refractivity contribution is 1.29. The van der Waals surface area contributed by atoms with Gasteiger partial charge in [-0.1, -0.05) is 164 Å². The zero-order valence-electron chi connectivity index (χ0n) is 28.0. The Balaban J connectivity index is 1.18. The lowest BCUT2D eigenvalue weighted by Gasteiger charge is -2.27. The molecular formula is C50H33N. The minimum atomic E-state index is 1.11. The molecule has 0 aliphatic carbocycles. The minimum absolute atomic E-state index is 1.11. The van der Waals surface area contributed by atoms with E-state index in [9.17, 15) is 0 Å². The number of hydrogen-bond acceptors (Lipinski definition) is 1. The van der Waals surface area contributed by atoms with Crippen molar-refractivity contribution >= 4 is 70.9 Å². The molecular weight excluding hydrogens is 615 g/mol. The fourth-order valence-corrected chi connectivity index (χ4v) is 7.96. The largest absolute Gasteiger partial charge is 0.310 e. The summed E-state index contributed by atoms with van der Waals surface area (Å²) in [5.74, 6) is 0. The Morgan fingerprint density at radius 3 is 1.59 bits per heavy atom. The van der Waals surface area contributed by atoms with Gasteiger partial charge in [-0.05, 0) is 113 Å². The molecule has 0 spiro atoms. The molecule has 0 amide bonds. The van der Waals surface area contributed by atoms with Crippen LogP contribution in [0, 0.1) is 0 Å². The Hall–Kier alpha value is -6.70. The second-order valence-electron chi connectivity index (χ2n) is 13.3. The highest BCUT2D eigenvalue weighted by molar-refractivity contribution is 6.22. The van der Waals surface area contributed by atoms with Crippen molar-refractivity contribution in [1.82, 2.24) is 0 Å². The first-order valence-corrected chi connectivity index (χ1v) is 17.6. The first-order valence-electron chi connectivity index (χ1n) is 17.6. The molecule has 0 fully saturated rings. The van der Waals surface area contributed by atoms with Gasteiger partial charge in [0.2, 0.25) is 0 Å².